The van der Waals surface area contributed by atoms with Crippen LogP contribution in [0.15, 0.2) is 48.5 Å². The predicted molar refractivity (Wildman–Crippen MR) is 105 cm³/mol. The Morgan fingerprint density at radius 3 is 2.19 bits per heavy atom. The van der Waals surface area contributed by atoms with Gasteiger partial charge >= 0.3 is 0 Å². The number of sulfonamides is 1. The topological polar surface area (TPSA) is 104 Å². The lowest BCUT2D eigenvalue weighted by Crippen LogP contribution is -2.16. The van der Waals surface area contributed by atoms with Crippen LogP contribution in [0, 0.1) is 11.8 Å². The Labute approximate surface area is 158 Å². The van der Waals surface area contributed by atoms with Gasteiger partial charge in [0.15, 0.2) is 0 Å². The van der Waals surface area contributed by atoms with Crippen molar-refractivity contribution in [3.8, 4) is 0 Å². The molecule has 0 radical (unpaired) electrons. The molecule has 7 nitrogen and oxygen atoms in total. The summed E-state index contributed by atoms with van der Waals surface area (Å²) < 4.78 is 25.0. The average molecular weight is 387 g/mol. The summed E-state index contributed by atoms with van der Waals surface area (Å²) in [6, 6.07) is 13.1. The van der Waals surface area contributed by atoms with Crippen molar-refractivity contribution in [2.75, 3.05) is 21.6 Å². The largest absolute Gasteiger partial charge is 0.326 e. The van der Waals surface area contributed by atoms with Gasteiger partial charge in [-0.25, -0.2) is 8.42 Å². The molecule has 1 aliphatic carbocycles. The SMILES string of the molecule is C[C@@H]1C[C@@H]1C(=O)Nc1cccc(C(=O)Nc2cccc(NS(C)(=O)=O)c2)c1. The molecule has 1 aliphatic rings. The van der Waals surface area contributed by atoms with Crippen LogP contribution < -0.4 is 15.4 Å². The quantitative estimate of drug-likeness (QED) is 0.709. The Morgan fingerprint density at radius 1 is 0.963 bits per heavy atom. The second-order valence-electron chi connectivity index (χ2n) is 6.80. The average Bonchev–Trinajstić information content (AvgIpc) is 3.31. The third kappa shape index (κ3) is 5.30. The van der Waals surface area contributed by atoms with Crippen LogP contribution in [0.3, 0.4) is 0 Å². The first kappa shape index (κ1) is 18.9. The fourth-order valence-corrected chi connectivity index (χ4v) is 3.29. The minimum Gasteiger partial charge on any atom is -0.326 e. The van der Waals surface area contributed by atoms with Gasteiger partial charge in [0.1, 0.15) is 0 Å². The maximum atomic E-state index is 12.5. The summed E-state index contributed by atoms with van der Waals surface area (Å²) in [5.74, 6) is 0.0684. The molecule has 2 amide bonds. The monoisotopic (exact) mass is 387 g/mol. The van der Waals surface area contributed by atoms with Crippen LogP contribution in [-0.4, -0.2) is 26.5 Å². The number of amides is 2. The zero-order chi connectivity index (χ0) is 19.6. The molecule has 0 heterocycles. The van der Waals surface area contributed by atoms with Crippen LogP contribution in [0.5, 0.6) is 0 Å². The maximum Gasteiger partial charge on any atom is 0.255 e. The highest BCUT2D eigenvalue weighted by Gasteiger charge is 2.39. The summed E-state index contributed by atoms with van der Waals surface area (Å²) in [5, 5.41) is 5.55. The molecule has 2 atom stereocenters. The number of nitrogens with one attached hydrogen (secondary N) is 3. The van der Waals surface area contributed by atoms with E-state index in [4.69, 9.17) is 0 Å². The molecule has 0 unspecified atom stereocenters. The summed E-state index contributed by atoms with van der Waals surface area (Å²) in [4.78, 5) is 24.5. The van der Waals surface area contributed by atoms with E-state index in [0.717, 1.165) is 12.7 Å². The third-order valence-electron chi connectivity index (χ3n) is 4.26. The van der Waals surface area contributed by atoms with Gasteiger partial charge in [0.2, 0.25) is 15.9 Å². The van der Waals surface area contributed by atoms with Crippen molar-refractivity contribution in [1.82, 2.24) is 0 Å². The molecule has 0 bridgehead atoms. The summed E-state index contributed by atoms with van der Waals surface area (Å²) in [7, 11) is -3.40. The number of anilines is 3. The molecule has 3 rings (SSSR count). The summed E-state index contributed by atoms with van der Waals surface area (Å²) in [6.45, 7) is 2.03. The zero-order valence-corrected chi connectivity index (χ0v) is 15.8. The minimum absolute atomic E-state index is 0.0281. The van der Waals surface area contributed by atoms with Gasteiger partial charge in [0.05, 0.1) is 11.9 Å². The molecule has 0 aliphatic heterocycles. The summed E-state index contributed by atoms with van der Waals surface area (Å²) >= 11 is 0. The normalized spacial score (nSPS) is 18.4. The highest BCUT2D eigenvalue weighted by atomic mass is 32.2. The number of carbonyl (C=O) groups is 2. The first-order valence-corrected chi connectivity index (χ1v) is 10.4. The zero-order valence-electron chi connectivity index (χ0n) is 15.0. The van der Waals surface area contributed by atoms with E-state index < -0.39 is 10.0 Å². The van der Waals surface area contributed by atoms with Gasteiger partial charge in [-0.3, -0.25) is 14.3 Å². The fourth-order valence-electron chi connectivity index (χ4n) is 2.74. The second kappa shape index (κ2) is 7.40. The van der Waals surface area contributed by atoms with Crippen LogP contribution in [0.25, 0.3) is 0 Å². The minimum atomic E-state index is -3.40. The summed E-state index contributed by atoms with van der Waals surface area (Å²) in [5.41, 5.74) is 1.77. The van der Waals surface area contributed by atoms with E-state index in [-0.39, 0.29) is 17.7 Å². The Balaban J connectivity index is 1.68. The van der Waals surface area contributed by atoms with Crippen molar-refractivity contribution < 1.29 is 18.0 Å². The lowest BCUT2D eigenvalue weighted by atomic mass is 10.1. The number of hydrogen-bond acceptors (Lipinski definition) is 4. The van der Waals surface area contributed by atoms with Crippen molar-refractivity contribution in [2.45, 2.75) is 13.3 Å². The van der Waals surface area contributed by atoms with E-state index in [2.05, 4.69) is 15.4 Å². The van der Waals surface area contributed by atoms with E-state index in [0.29, 0.717) is 28.5 Å². The molecule has 0 spiro atoms. The van der Waals surface area contributed by atoms with Gasteiger partial charge in [-0.1, -0.05) is 19.1 Å². The van der Waals surface area contributed by atoms with Crippen molar-refractivity contribution >= 4 is 38.9 Å². The molecule has 1 saturated carbocycles. The first-order chi connectivity index (χ1) is 12.7. The molecule has 2 aromatic rings. The van der Waals surface area contributed by atoms with Crippen LogP contribution in [-0.2, 0) is 14.8 Å². The lowest BCUT2D eigenvalue weighted by Gasteiger charge is -2.10. The molecule has 0 saturated heterocycles. The van der Waals surface area contributed by atoms with Gasteiger partial charge in [0.25, 0.3) is 5.91 Å². The molecule has 142 valence electrons. The van der Waals surface area contributed by atoms with Gasteiger partial charge < -0.3 is 10.6 Å². The highest BCUT2D eigenvalue weighted by molar-refractivity contribution is 7.92. The molecule has 0 aromatic heterocycles. The number of hydrogen-bond donors (Lipinski definition) is 3. The molecule has 3 N–H and O–H groups in total. The standard InChI is InChI=1S/C19H21N3O4S/c1-12-9-17(12)19(24)21-14-6-3-5-13(10-14)18(23)20-15-7-4-8-16(11-15)22-27(2,25)26/h3-8,10-12,17,22H,9H2,1-2H3,(H,20,23)(H,21,24)/t12-,17+/m1/s1. The Bertz CT molecular complexity index is 988. The Morgan fingerprint density at radius 2 is 1.56 bits per heavy atom. The first-order valence-electron chi connectivity index (χ1n) is 8.51. The number of rotatable bonds is 6. The van der Waals surface area contributed by atoms with Crippen molar-refractivity contribution in [3.05, 3.63) is 54.1 Å². The smallest absolute Gasteiger partial charge is 0.255 e. The molecule has 1 fully saturated rings. The van der Waals surface area contributed by atoms with Crippen molar-refractivity contribution in [3.63, 3.8) is 0 Å². The highest BCUT2D eigenvalue weighted by Crippen LogP contribution is 2.38. The third-order valence-corrected chi connectivity index (χ3v) is 4.87. The molecule has 8 heteroatoms. The van der Waals surface area contributed by atoms with Crippen molar-refractivity contribution in [1.29, 1.82) is 0 Å². The molecular formula is C19H21N3O4S. The van der Waals surface area contributed by atoms with Crippen molar-refractivity contribution in [2.24, 2.45) is 11.8 Å². The predicted octanol–water partition coefficient (Wildman–Crippen LogP) is 2.90. The number of benzene rings is 2. The van der Waals surface area contributed by atoms with Crippen LogP contribution in [0.4, 0.5) is 17.1 Å². The van der Waals surface area contributed by atoms with E-state index >= 15 is 0 Å². The van der Waals surface area contributed by atoms with E-state index in [9.17, 15) is 18.0 Å². The van der Waals surface area contributed by atoms with E-state index in [1.807, 2.05) is 6.92 Å². The molecule has 2 aromatic carbocycles. The Kier molecular flexibility index (Phi) is 5.18. The second-order valence-corrected chi connectivity index (χ2v) is 8.55. The van der Waals surface area contributed by atoms with E-state index in [1.54, 1.807) is 42.5 Å². The van der Waals surface area contributed by atoms with Crippen LogP contribution in [0.2, 0.25) is 0 Å². The fraction of sp³-hybridized carbons (Fsp3) is 0.263. The Hall–Kier alpha value is -2.87. The van der Waals surface area contributed by atoms with Gasteiger partial charge in [-0.05, 0) is 48.7 Å². The molecule has 27 heavy (non-hydrogen) atoms. The van der Waals surface area contributed by atoms with Gasteiger partial charge in [-0.15, -0.1) is 0 Å². The maximum absolute atomic E-state index is 12.5. The lowest BCUT2D eigenvalue weighted by molar-refractivity contribution is -0.117. The van der Waals surface area contributed by atoms with Gasteiger partial charge in [0, 0.05) is 22.9 Å². The van der Waals surface area contributed by atoms with Crippen LogP contribution >= 0.6 is 0 Å². The van der Waals surface area contributed by atoms with Gasteiger partial charge in [-0.2, -0.15) is 0 Å². The number of carbonyl (C=O) groups excluding carboxylic acids is 2. The van der Waals surface area contributed by atoms with Crippen LogP contribution in [0.1, 0.15) is 23.7 Å². The summed E-state index contributed by atoms with van der Waals surface area (Å²) in [6.07, 6.45) is 1.95. The van der Waals surface area contributed by atoms with E-state index in [1.165, 1.54) is 6.07 Å². The molecular weight excluding hydrogens is 366 g/mol.